The zero-order valence-electron chi connectivity index (χ0n) is 11.3. The molecule has 0 unspecified atom stereocenters. The van der Waals surface area contributed by atoms with E-state index in [1.807, 2.05) is 35.4 Å². The van der Waals surface area contributed by atoms with Crippen molar-refractivity contribution < 1.29 is 9.32 Å². The SMILES string of the molecule is CCCN(Cc1cc(-c2cccs2)on1)C(=O)CC. The van der Waals surface area contributed by atoms with Crippen molar-refractivity contribution in [3.8, 4) is 10.6 Å². The van der Waals surface area contributed by atoms with E-state index >= 15 is 0 Å². The molecule has 0 bridgehead atoms. The third-order valence-corrected chi connectivity index (χ3v) is 3.71. The molecule has 0 atom stereocenters. The van der Waals surface area contributed by atoms with E-state index in [4.69, 9.17) is 4.52 Å². The van der Waals surface area contributed by atoms with Gasteiger partial charge in [0.1, 0.15) is 5.69 Å². The Balaban J connectivity index is 2.07. The minimum Gasteiger partial charge on any atom is -0.355 e. The minimum atomic E-state index is 0.155. The summed E-state index contributed by atoms with van der Waals surface area (Å²) in [4.78, 5) is 14.7. The summed E-state index contributed by atoms with van der Waals surface area (Å²) in [6.45, 7) is 5.23. The molecule has 0 aromatic carbocycles. The van der Waals surface area contributed by atoms with Gasteiger partial charge in [0.15, 0.2) is 5.76 Å². The topological polar surface area (TPSA) is 46.3 Å². The van der Waals surface area contributed by atoms with Crippen molar-refractivity contribution in [3.63, 3.8) is 0 Å². The van der Waals surface area contributed by atoms with Crippen LogP contribution in [-0.2, 0) is 11.3 Å². The number of thiophene rings is 1. The highest BCUT2D eigenvalue weighted by Crippen LogP contribution is 2.25. The lowest BCUT2D eigenvalue weighted by atomic mass is 10.3. The second kappa shape index (κ2) is 6.52. The van der Waals surface area contributed by atoms with Gasteiger partial charge in [-0.1, -0.05) is 25.1 Å². The van der Waals surface area contributed by atoms with Crippen LogP contribution < -0.4 is 0 Å². The summed E-state index contributed by atoms with van der Waals surface area (Å²) in [5, 5.41) is 6.05. The van der Waals surface area contributed by atoms with Gasteiger partial charge in [0.05, 0.1) is 11.4 Å². The predicted molar refractivity (Wildman–Crippen MR) is 75.8 cm³/mol. The van der Waals surface area contributed by atoms with Gasteiger partial charge in [-0.15, -0.1) is 11.3 Å². The number of nitrogens with zero attached hydrogens (tertiary/aromatic N) is 2. The van der Waals surface area contributed by atoms with E-state index in [2.05, 4.69) is 12.1 Å². The molecule has 1 amide bonds. The number of aromatic nitrogens is 1. The summed E-state index contributed by atoms with van der Waals surface area (Å²) in [7, 11) is 0. The van der Waals surface area contributed by atoms with E-state index in [0.717, 1.165) is 29.3 Å². The largest absolute Gasteiger partial charge is 0.355 e. The summed E-state index contributed by atoms with van der Waals surface area (Å²) < 4.78 is 5.32. The van der Waals surface area contributed by atoms with E-state index in [1.165, 1.54) is 0 Å². The van der Waals surface area contributed by atoms with Gasteiger partial charge in [-0.05, 0) is 17.9 Å². The van der Waals surface area contributed by atoms with Crippen molar-refractivity contribution in [1.29, 1.82) is 0 Å². The van der Waals surface area contributed by atoms with E-state index in [9.17, 15) is 4.79 Å². The van der Waals surface area contributed by atoms with Crippen LogP contribution in [-0.4, -0.2) is 22.5 Å². The fourth-order valence-corrected chi connectivity index (χ4v) is 2.58. The molecule has 2 aromatic rings. The molecular weight excluding hydrogens is 260 g/mol. The summed E-state index contributed by atoms with van der Waals surface area (Å²) in [6, 6.07) is 5.89. The van der Waals surface area contributed by atoms with Gasteiger partial charge in [0.25, 0.3) is 0 Å². The molecule has 2 rings (SSSR count). The smallest absolute Gasteiger partial charge is 0.222 e. The molecule has 0 fully saturated rings. The molecule has 0 aliphatic heterocycles. The van der Waals surface area contributed by atoms with Crippen molar-refractivity contribution in [2.24, 2.45) is 0 Å². The van der Waals surface area contributed by atoms with Gasteiger partial charge in [-0.25, -0.2) is 0 Å². The van der Waals surface area contributed by atoms with Crippen LogP contribution in [0.15, 0.2) is 28.1 Å². The summed E-state index contributed by atoms with van der Waals surface area (Å²) in [5.74, 6) is 0.924. The first-order valence-electron chi connectivity index (χ1n) is 6.51. The second-order valence-corrected chi connectivity index (χ2v) is 5.28. The first-order valence-corrected chi connectivity index (χ1v) is 7.39. The molecule has 4 nitrogen and oxygen atoms in total. The maximum atomic E-state index is 11.8. The normalized spacial score (nSPS) is 10.6. The Morgan fingerprint density at radius 3 is 2.95 bits per heavy atom. The Kier molecular flexibility index (Phi) is 4.74. The summed E-state index contributed by atoms with van der Waals surface area (Å²) in [6.07, 6.45) is 1.47. The highest BCUT2D eigenvalue weighted by Gasteiger charge is 2.14. The Hall–Kier alpha value is -1.62. The van der Waals surface area contributed by atoms with Crippen LogP contribution in [0.5, 0.6) is 0 Å². The molecule has 102 valence electrons. The first kappa shape index (κ1) is 13.8. The van der Waals surface area contributed by atoms with E-state index < -0.39 is 0 Å². The molecule has 0 saturated heterocycles. The fraction of sp³-hybridized carbons (Fsp3) is 0.429. The molecule has 0 aliphatic rings. The molecule has 0 saturated carbocycles. The van der Waals surface area contributed by atoms with Gasteiger partial charge in [-0.3, -0.25) is 4.79 Å². The van der Waals surface area contributed by atoms with Crippen molar-refractivity contribution in [3.05, 3.63) is 29.3 Å². The van der Waals surface area contributed by atoms with Crippen LogP contribution >= 0.6 is 11.3 Å². The molecule has 2 heterocycles. The molecule has 0 spiro atoms. The molecule has 2 aromatic heterocycles. The summed E-state index contributed by atoms with van der Waals surface area (Å²) in [5.41, 5.74) is 0.804. The lowest BCUT2D eigenvalue weighted by molar-refractivity contribution is -0.131. The Morgan fingerprint density at radius 2 is 2.32 bits per heavy atom. The van der Waals surface area contributed by atoms with E-state index in [0.29, 0.717) is 13.0 Å². The first-order chi connectivity index (χ1) is 9.24. The van der Waals surface area contributed by atoms with Crippen LogP contribution in [0, 0.1) is 0 Å². The number of carbonyl (C=O) groups excluding carboxylic acids is 1. The molecule has 5 heteroatoms. The van der Waals surface area contributed by atoms with Crippen molar-refractivity contribution in [2.75, 3.05) is 6.54 Å². The molecule has 0 N–H and O–H groups in total. The average molecular weight is 278 g/mol. The number of amides is 1. The monoisotopic (exact) mass is 278 g/mol. The third kappa shape index (κ3) is 3.44. The number of carbonyl (C=O) groups is 1. The lowest BCUT2D eigenvalue weighted by Gasteiger charge is -2.19. The third-order valence-electron chi connectivity index (χ3n) is 2.82. The number of hydrogen-bond donors (Lipinski definition) is 0. The number of hydrogen-bond acceptors (Lipinski definition) is 4. The van der Waals surface area contributed by atoms with Crippen LogP contribution in [0.1, 0.15) is 32.4 Å². The quantitative estimate of drug-likeness (QED) is 0.811. The highest BCUT2D eigenvalue weighted by atomic mass is 32.1. The van der Waals surface area contributed by atoms with Gasteiger partial charge in [0, 0.05) is 19.0 Å². The molecular formula is C14H18N2O2S. The van der Waals surface area contributed by atoms with Gasteiger partial charge in [-0.2, -0.15) is 0 Å². The standard InChI is InChI=1S/C14H18N2O2S/c1-3-7-16(14(17)4-2)10-11-9-12(18-15-11)13-6-5-8-19-13/h5-6,8-9H,3-4,7,10H2,1-2H3. The van der Waals surface area contributed by atoms with Crippen LogP contribution in [0.25, 0.3) is 10.6 Å². The second-order valence-electron chi connectivity index (χ2n) is 4.33. The highest BCUT2D eigenvalue weighted by molar-refractivity contribution is 7.13. The van der Waals surface area contributed by atoms with Crippen molar-refractivity contribution in [2.45, 2.75) is 33.2 Å². The van der Waals surface area contributed by atoms with Crippen molar-refractivity contribution in [1.82, 2.24) is 10.1 Å². The zero-order chi connectivity index (χ0) is 13.7. The molecule has 0 radical (unpaired) electrons. The Morgan fingerprint density at radius 1 is 1.47 bits per heavy atom. The fourth-order valence-electron chi connectivity index (χ4n) is 1.90. The Bertz CT molecular complexity index is 519. The lowest BCUT2D eigenvalue weighted by Crippen LogP contribution is -2.30. The van der Waals surface area contributed by atoms with Gasteiger partial charge >= 0.3 is 0 Å². The minimum absolute atomic E-state index is 0.155. The van der Waals surface area contributed by atoms with Gasteiger partial charge < -0.3 is 9.42 Å². The van der Waals surface area contributed by atoms with Crippen LogP contribution in [0.4, 0.5) is 0 Å². The number of rotatable bonds is 6. The zero-order valence-corrected chi connectivity index (χ0v) is 12.1. The van der Waals surface area contributed by atoms with Crippen LogP contribution in [0.3, 0.4) is 0 Å². The summed E-state index contributed by atoms with van der Waals surface area (Å²) >= 11 is 1.62. The maximum Gasteiger partial charge on any atom is 0.222 e. The van der Waals surface area contributed by atoms with Gasteiger partial charge in [0.2, 0.25) is 5.91 Å². The average Bonchev–Trinajstić information content (AvgIpc) is 3.07. The molecule has 19 heavy (non-hydrogen) atoms. The van der Waals surface area contributed by atoms with Crippen LogP contribution in [0.2, 0.25) is 0 Å². The Labute approximate surface area is 117 Å². The van der Waals surface area contributed by atoms with E-state index in [-0.39, 0.29) is 5.91 Å². The molecule has 0 aliphatic carbocycles. The maximum absolute atomic E-state index is 11.8. The van der Waals surface area contributed by atoms with Crippen molar-refractivity contribution >= 4 is 17.2 Å². The predicted octanol–water partition coefficient (Wildman–Crippen LogP) is 3.55. The van der Waals surface area contributed by atoms with E-state index in [1.54, 1.807) is 11.3 Å².